The van der Waals surface area contributed by atoms with Crippen molar-refractivity contribution in [1.29, 1.82) is 0 Å². The van der Waals surface area contributed by atoms with Gasteiger partial charge in [0.05, 0.1) is 3.79 Å². The second-order valence-corrected chi connectivity index (χ2v) is 7.93. The SMILES string of the molecule is CCC(NC1CCCc2sc(Br)cc21)c1ccccc1. The van der Waals surface area contributed by atoms with Crippen LogP contribution in [0.3, 0.4) is 0 Å². The standard InChI is InChI=1S/C17H20BrNS/c1-2-14(12-7-4-3-5-8-12)19-15-9-6-10-16-13(15)11-17(18)20-16/h3-5,7-8,11,14-15,19H,2,6,9-10H2,1H3. The van der Waals surface area contributed by atoms with Crippen molar-refractivity contribution in [1.82, 2.24) is 5.32 Å². The molecule has 1 aliphatic rings. The highest BCUT2D eigenvalue weighted by molar-refractivity contribution is 9.11. The molecule has 3 rings (SSSR count). The minimum Gasteiger partial charge on any atom is -0.303 e. The van der Waals surface area contributed by atoms with Crippen LogP contribution in [0.15, 0.2) is 40.2 Å². The molecule has 1 nitrogen and oxygen atoms in total. The van der Waals surface area contributed by atoms with Gasteiger partial charge >= 0.3 is 0 Å². The van der Waals surface area contributed by atoms with Crippen molar-refractivity contribution in [2.45, 2.75) is 44.7 Å². The van der Waals surface area contributed by atoms with Crippen molar-refractivity contribution in [2.24, 2.45) is 0 Å². The molecule has 20 heavy (non-hydrogen) atoms. The Kier molecular flexibility index (Phi) is 4.59. The van der Waals surface area contributed by atoms with Crippen molar-refractivity contribution < 1.29 is 0 Å². The molecule has 3 heteroatoms. The summed E-state index contributed by atoms with van der Waals surface area (Å²) in [6.45, 7) is 2.26. The van der Waals surface area contributed by atoms with E-state index in [-0.39, 0.29) is 0 Å². The molecule has 0 amide bonds. The molecule has 1 aliphatic carbocycles. The molecule has 0 radical (unpaired) electrons. The Morgan fingerprint density at radius 2 is 2.15 bits per heavy atom. The van der Waals surface area contributed by atoms with Gasteiger partial charge in [-0.1, -0.05) is 37.3 Å². The monoisotopic (exact) mass is 349 g/mol. The van der Waals surface area contributed by atoms with E-state index < -0.39 is 0 Å². The number of benzene rings is 1. The molecule has 0 saturated heterocycles. The van der Waals surface area contributed by atoms with Crippen molar-refractivity contribution in [3.8, 4) is 0 Å². The molecule has 0 aliphatic heterocycles. The van der Waals surface area contributed by atoms with Gasteiger partial charge in [0.25, 0.3) is 0 Å². The zero-order valence-electron chi connectivity index (χ0n) is 11.7. The lowest BCUT2D eigenvalue weighted by Gasteiger charge is -2.28. The quantitative estimate of drug-likeness (QED) is 0.754. The highest BCUT2D eigenvalue weighted by atomic mass is 79.9. The van der Waals surface area contributed by atoms with Crippen LogP contribution in [0, 0.1) is 0 Å². The van der Waals surface area contributed by atoms with Gasteiger partial charge in [0.2, 0.25) is 0 Å². The maximum atomic E-state index is 3.88. The summed E-state index contributed by atoms with van der Waals surface area (Å²) in [4.78, 5) is 1.56. The number of hydrogen-bond acceptors (Lipinski definition) is 2. The Morgan fingerprint density at radius 1 is 1.35 bits per heavy atom. The third kappa shape index (κ3) is 3.00. The minimum atomic E-state index is 0.450. The zero-order chi connectivity index (χ0) is 13.9. The fourth-order valence-electron chi connectivity index (χ4n) is 3.07. The van der Waals surface area contributed by atoms with E-state index in [0.29, 0.717) is 12.1 Å². The number of aryl methyl sites for hydroxylation is 1. The lowest BCUT2D eigenvalue weighted by Crippen LogP contribution is -2.28. The average molecular weight is 350 g/mol. The fourth-order valence-corrected chi connectivity index (χ4v) is 4.89. The summed E-state index contributed by atoms with van der Waals surface area (Å²) >= 11 is 5.54. The van der Waals surface area contributed by atoms with E-state index in [1.165, 1.54) is 34.2 Å². The van der Waals surface area contributed by atoms with Gasteiger partial charge in [-0.05, 0) is 58.8 Å². The van der Waals surface area contributed by atoms with Gasteiger partial charge in [-0.2, -0.15) is 0 Å². The van der Waals surface area contributed by atoms with Gasteiger partial charge in [-0.25, -0.2) is 0 Å². The molecule has 0 saturated carbocycles. The van der Waals surface area contributed by atoms with Crippen LogP contribution in [0.2, 0.25) is 0 Å². The molecule has 1 aromatic carbocycles. The molecule has 2 unspecified atom stereocenters. The average Bonchev–Trinajstić information content (AvgIpc) is 2.86. The van der Waals surface area contributed by atoms with Crippen LogP contribution < -0.4 is 5.32 Å². The molecule has 1 heterocycles. The molecule has 0 bridgehead atoms. The maximum Gasteiger partial charge on any atom is 0.0704 e. The molecular weight excluding hydrogens is 330 g/mol. The van der Waals surface area contributed by atoms with Crippen molar-refractivity contribution in [2.75, 3.05) is 0 Å². The van der Waals surface area contributed by atoms with Gasteiger partial charge in [0.15, 0.2) is 0 Å². The number of halogens is 1. The Morgan fingerprint density at radius 3 is 2.90 bits per heavy atom. The largest absolute Gasteiger partial charge is 0.303 e. The molecule has 1 N–H and O–H groups in total. The zero-order valence-corrected chi connectivity index (χ0v) is 14.1. The topological polar surface area (TPSA) is 12.0 Å². The van der Waals surface area contributed by atoms with Crippen LogP contribution in [-0.2, 0) is 6.42 Å². The Labute approximate surface area is 133 Å². The first-order chi connectivity index (χ1) is 9.78. The number of nitrogens with one attached hydrogen (secondary N) is 1. The van der Waals surface area contributed by atoms with Crippen LogP contribution in [0.1, 0.15) is 54.3 Å². The Balaban J connectivity index is 1.80. The normalized spacial score (nSPS) is 19.6. The number of rotatable bonds is 4. The van der Waals surface area contributed by atoms with E-state index in [0.717, 1.165) is 6.42 Å². The summed E-state index contributed by atoms with van der Waals surface area (Å²) in [6.07, 6.45) is 4.91. The summed E-state index contributed by atoms with van der Waals surface area (Å²) in [5.74, 6) is 0. The van der Waals surface area contributed by atoms with Gasteiger partial charge in [-0.15, -0.1) is 11.3 Å². The predicted octanol–water partition coefficient (Wildman–Crippen LogP) is 5.63. The summed E-state index contributed by atoms with van der Waals surface area (Å²) in [7, 11) is 0. The van der Waals surface area contributed by atoms with Crippen molar-refractivity contribution in [3.05, 3.63) is 56.2 Å². The minimum absolute atomic E-state index is 0.450. The smallest absolute Gasteiger partial charge is 0.0704 e. The van der Waals surface area contributed by atoms with E-state index >= 15 is 0 Å². The highest BCUT2D eigenvalue weighted by Gasteiger charge is 2.24. The molecular formula is C17H20BrNS. The molecule has 2 atom stereocenters. The van der Waals surface area contributed by atoms with Gasteiger partial charge < -0.3 is 5.32 Å². The maximum absolute atomic E-state index is 3.88. The van der Waals surface area contributed by atoms with Gasteiger partial charge in [0, 0.05) is 17.0 Å². The van der Waals surface area contributed by atoms with E-state index in [9.17, 15) is 0 Å². The summed E-state index contributed by atoms with van der Waals surface area (Å²) in [5.41, 5.74) is 2.92. The summed E-state index contributed by atoms with van der Waals surface area (Å²) < 4.78 is 1.27. The van der Waals surface area contributed by atoms with E-state index in [4.69, 9.17) is 0 Å². The number of fused-ring (bicyclic) bond motifs is 1. The molecule has 106 valence electrons. The van der Waals surface area contributed by atoms with Crippen LogP contribution in [0.25, 0.3) is 0 Å². The second kappa shape index (κ2) is 6.42. The highest BCUT2D eigenvalue weighted by Crippen LogP contribution is 2.39. The van der Waals surface area contributed by atoms with E-state index in [1.54, 1.807) is 4.88 Å². The van der Waals surface area contributed by atoms with Crippen LogP contribution >= 0.6 is 27.3 Å². The van der Waals surface area contributed by atoms with Crippen LogP contribution in [-0.4, -0.2) is 0 Å². The Hall–Kier alpha value is -0.640. The van der Waals surface area contributed by atoms with E-state index in [1.807, 2.05) is 11.3 Å². The lowest BCUT2D eigenvalue weighted by atomic mass is 9.92. The predicted molar refractivity (Wildman–Crippen MR) is 90.3 cm³/mol. The van der Waals surface area contributed by atoms with E-state index in [2.05, 4.69) is 64.6 Å². The Bertz CT molecular complexity index is 564. The first-order valence-electron chi connectivity index (χ1n) is 7.37. The van der Waals surface area contributed by atoms with Crippen molar-refractivity contribution in [3.63, 3.8) is 0 Å². The molecule has 0 spiro atoms. The van der Waals surface area contributed by atoms with Crippen LogP contribution in [0.4, 0.5) is 0 Å². The second-order valence-electron chi connectivity index (χ2n) is 5.41. The molecule has 2 aromatic rings. The number of hydrogen-bond donors (Lipinski definition) is 1. The number of thiophene rings is 1. The summed E-state index contributed by atoms with van der Waals surface area (Å²) in [6, 6.07) is 14.1. The first-order valence-corrected chi connectivity index (χ1v) is 8.98. The fraction of sp³-hybridized carbons (Fsp3) is 0.412. The lowest BCUT2D eigenvalue weighted by molar-refractivity contribution is 0.395. The molecule has 0 fully saturated rings. The van der Waals surface area contributed by atoms with Crippen molar-refractivity contribution >= 4 is 27.3 Å². The molecule has 1 aromatic heterocycles. The van der Waals surface area contributed by atoms with Gasteiger partial charge in [-0.3, -0.25) is 0 Å². The van der Waals surface area contributed by atoms with Crippen LogP contribution in [0.5, 0.6) is 0 Å². The summed E-state index contributed by atoms with van der Waals surface area (Å²) in [5, 5.41) is 3.88. The first kappa shape index (κ1) is 14.3. The third-order valence-electron chi connectivity index (χ3n) is 4.10. The van der Waals surface area contributed by atoms with Gasteiger partial charge in [0.1, 0.15) is 0 Å². The third-order valence-corrected chi connectivity index (χ3v) is 5.81.